The minimum Gasteiger partial charge on any atom is -0.431 e. The number of nitrogens with one attached hydrogen (secondary N) is 3. The average molecular weight is 488 g/mol. The number of fused-ring (bicyclic) bond motifs is 1. The first-order valence-corrected chi connectivity index (χ1v) is 12.1. The van der Waals surface area contributed by atoms with Crippen molar-refractivity contribution in [1.29, 1.82) is 5.41 Å². The van der Waals surface area contributed by atoms with E-state index in [2.05, 4.69) is 22.8 Å². The number of alkyl halides is 2. The molecule has 1 atom stereocenters. The van der Waals surface area contributed by atoms with E-state index < -0.39 is 12.8 Å². The van der Waals surface area contributed by atoms with Crippen LogP contribution in [0.2, 0.25) is 0 Å². The highest BCUT2D eigenvalue weighted by Crippen LogP contribution is 2.39. The van der Waals surface area contributed by atoms with Gasteiger partial charge in [-0.2, -0.15) is 0 Å². The van der Waals surface area contributed by atoms with Crippen LogP contribution in [0.15, 0.2) is 29.6 Å². The van der Waals surface area contributed by atoms with Crippen LogP contribution in [0.25, 0.3) is 11.0 Å². The monoisotopic (exact) mass is 487 g/mol. The third-order valence-electron chi connectivity index (χ3n) is 6.68. The van der Waals surface area contributed by atoms with Crippen molar-refractivity contribution in [3.8, 4) is 0 Å². The van der Waals surface area contributed by atoms with Gasteiger partial charge in [0.1, 0.15) is 12.6 Å². The summed E-state index contributed by atoms with van der Waals surface area (Å²) < 4.78 is 29.8. The molecule has 0 bridgehead atoms. The number of aliphatic hydroxyl groups excluding tert-OH is 1. The van der Waals surface area contributed by atoms with Gasteiger partial charge in [0.2, 0.25) is 0 Å². The molecule has 0 fully saturated rings. The van der Waals surface area contributed by atoms with Crippen molar-refractivity contribution in [1.82, 2.24) is 15.5 Å². The zero-order chi connectivity index (χ0) is 25.3. The Morgan fingerprint density at radius 3 is 2.66 bits per heavy atom. The third kappa shape index (κ3) is 5.24. The standard InChI is InChI=1S/C25H35F2N7O/c1-15(2)31-21-7-9-33(25(35)29-3)14-20(21)24(28)34-8-5-6-16-10-18(17-12-30-32(4)13-17)19(23(26)27)11-22(16)34/h10-11,13,15,23,25,28-29,31,35H,4-9,12,14H2,1-3H3. The van der Waals surface area contributed by atoms with Crippen molar-refractivity contribution in [2.75, 3.05) is 38.1 Å². The Balaban J connectivity index is 1.73. The Hall–Kier alpha value is -2.82. The molecule has 1 unspecified atom stereocenters. The molecule has 3 heterocycles. The fourth-order valence-corrected chi connectivity index (χ4v) is 4.99. The smallest absolute Gasteiger partial charge is 0.264 e. The van der Waals surface area contributed by atoms with Gasteiger partial charge in [0.15, 0.2) is 12.6 Å². The van der Waals surface area contributed by atoms with Crippen LogP contribution in [-0.2, 0) is 6.42 Å². The molecular weight excluding hydrogens is 452 g/mol. The first-order valence-electron chi connectivity index (χ1n) is 12.1. The lowest BCUT2D eigenvalue weighted by atomic mass is 9.91. The van der Waals surface area contributed by atoms with E-state index in [0.29, 0.717) is 43.9 Å². The molecule has 0 aromatic heterocycles. The van der Waals surface area contributed by atoms with Crippen LogP contribution in [0.5, 0.6) is 0 Å². The Bertz CT molecular complexity index is 1070. The first kappa shape index (κ1) is 25.3. The number of halogens is 2. The summed E-state index contributed by atoms with van der Waals surface area (Å²) in [5.74, 6) is 0.286. The summed E-state index contributed by atoms with van der Waals surface area (Å²) in [4.78, 5) is 3.72. The van der Waals surface area contributed by atoms with Crippen LogP contribution >= 0.6 is 0 Å². The normalized spacial score (nSPS) is 19.7. The second kappa shape index (κ2) is 10.4. The van der Waals surface area contributed by atoms with Crippen molar-refractivity contribution in [3.63, 3.8) is 0 Å². The van der Waals surface area contributed by atoms with Crippen LogP contribution in [0, 0.1) is 5.41 Å². The van der Waals surface area contributed by atoms with Crippen molar-refractivity contribution < 1.29 is 18.6 Å². The van der Waals surface area contributed by atoms with Gasteiger partial charge in [-0.15, -0.1) is 0 Å². The minimum absolute atomic E-state index is 0.0504. The van der Waals surface area contributed by atoms with Gasteiger partial charge in [-0.25, -0.2) is 8.78 Å². The summed E-state index contributed by atoms with van der Waals surface area (Å²) in [6.07, 6.45) is 0.454. The Labute approximate surface area is 205 Å². The van der Waals surface area contributed by atoms with E-state index in [4.69, 9.17) is 5.41 Å². The molecule has 4 N–H and O–H groups in total. The highest BCUT2D eigenvalue weighted by Gasteiger charge is 2.31. The van der Waals surface area contributed by atoms with Crippen LogP contribution in [0.3, 0.4) is 0 Å². The number of hydrogen-bond acceptors (Lipinski definition) is 5. The van der Waals surface area contributed by atoms with E-state index in [0.717, 1.165) is 35.2 Å². The largest absolute Gasteiger partial charge is 0.431 e. The van der Waals surface area contributed by atoms with Crippen LogP contribution < -0.4 is 15.5 Å². The number of anilines is 1. The van der Waals surface area contributed by atoms with Crippen LogP contribution in [0.4, 0.5) is 14.5 Å². The van der Waals surface area contributed by atoms with Crippen molar-refractivity contribution in [2.24, 2.45) is 0 Å². The summed E-state index contributed by atoms with van der Waals surface area (Å²) in [6, 6.07) is 3.58. The Morgan fingerprint density at radius 2 is 2.03 bits per heavy atom. The first-order chi connectivity index (χ1) is 16.7. The highest BCUT2D eigenvalue weighted by atomic mass is 19.3. The summed E-state index contributed by atoms with van der Waals surface area (Å²) >= 11 is 0. The van der Waals surface area contributed by atoms with Gasteiger partial charge >= 0.3 is 0 Å². The molecule has 1 aromatic carbocycles. The topological polar surface area (TPSA) is 91.7 Å². The van der Waals surface area contributed by atoms with Gasteiger partial charge < -0.3 is 20.7 Å². The molecule has 0 amide bonds. The summed E-state index contributed by atoms with van der Waals surface area (Å²) in [5.41, 5.74) is 8.70. The van der Waals surface area contributed by atoms with Crippen molar-refractivity contribution in [3.05, 3.63) is 51.7 Å². The molecule has 0 saturated carbocycles. The minimum atomic E-state index is -2.65. The SMILES string of the molecule is C=[N+]1C=C(c2cc3c(cc2C(F)F)N(C(=N)C2=C(NC(C)C)CCN(C(O)NC)C2)CCC3)C[N-]1. The molecule has 3 aliphatic heterocycles. The second-order valence-electron chi connectivity index (χ2n) is 9.50. The quantitative estimate of drug-likeness (QED) is 0.205. The van der Waals surface area contributed by atoms with Gasteiger partial charge in [-0.3, -0.25) is 20.3 Å². The molecule has 35 heavy (non-hydrogen) atoms. The lowest BCUT2D eigenvalue weighted by Gasteiger charge is -2.39. The Morgan fingerprint density at radius 1 is 1.26 bits per heavy atom. The maximum absolute atomic E-state index is 14.2. The van der Waals surface area contributed by atoms with Gasteiger partial charge in [-0.1, -0.05) is 0 Å². The van der Waals surface area contributed by atoms with E-state index in [1.165, 1.54) is 4.68 Å². The van der Waals surface area contributed by atoms with Gasteiger partial charge in [0.25, 0.3) is 6.43 Å². The number of aliphatic hydroxyl groups is 1. The molecule has 1 aromatic rings. The zero-order valence-electron chi connectivity index (χ0n) is 20.6. The summed E-state index contributed by atoms with van der Waals surface area (Å²) in [5, 5.41) is 25.8. The van der Waals surface area contributed by atoms with Gasteiger partial charge in [0.05, 0.1) is 0 Å². The number of benzene rings is 1. The number of nitrogens with zero attached hydrogens (tertiary/aromatic N) is 4. The molecule has 0 spiro atoms. The van der Waals surface area contributed by atoms with Crippen molar-refractivity contribution >= 4 is 23.8 Å². The molecule has 190 valence electrons. The van der Waals surface area contributed by atoms with Crippen molar-refractivity contribution in [2.45, 2.75) is 51.9 Å². The predicted molar refractivity (Wildman–Crippen MR) is 135 cm³/mol. The van der Waals surface area contributed by atoms with Crippen LogP contribution in [-0.4, -0.2) is 72.9 Å². The van der Waals surface area contributed by atoms with Gasteiger partial charge in [-0.05, 0) is 63.5 Å². The fourth-order valence-electron chi connectivity index (χ4n) is 4.99. The number of rotatable bonds is 7. The molecule has 3 aliphatic rings. The number of amidine groups is 1. The second-order valence-corrected chi connectivity index (χ2v) is 9.50. The lowest BCUT2D eigenvalue weighted by Crippen LogP contribution is -2.51. The van der Waals surface area contributed by atoms with E-state index in [9.17, 15) is 13.9 Å². The van der Waals surface area contributed by atoms with E-state index in [-0.39, 0.29) is 17.4 Å². The molecule has 0 saturated heterocycles. The maximum Gasteiger partial charge on any atom is 0.264 e. The maximum atomic E-state index is 14.2. The van der Waals surface area contributed by atoms with Gasteiger partial charge in [0, 0.05) is 60.2 Å². The average Bonchev–Trinajstić information content (AvgIpc) is 3.27. The predicted octanol–water partition coefficient (Wildman–Crippen LogP) is 3.16. The number of hydrogen-bond donors (Lipinski definition) is 4. The Kier molecular flexibility index (Phi) is 7.53. The summed E-state index contributed by atoms with van der Waals surface area (Å²) in [6.45, 7) is 9.77. The van der Waals surface area contributed by atoms with Crippen LogP contribution in [0.1, 0.15) is 49.8 Å². The summed E-state index contributed by atoms with van der Waals surface area (Å²) in [7, 11) is 1.69. The molecule has 0 aliphatic carbocycles. The number of aryl methyl sites for hydroxylation is 1. The van der Waals surface area contributed by atoms with E-state index in [1.54, 1.807) is 19.3 Å². The molecule has 4 rings (SSSR count). The zero-order valence-corrected chi connectivity index (χ0v) is 20.6. The van der Waals surface area contributed by atoms with E-state index in [1.807, 2.05) is 29.7 Å². The molecule has 10 heteroatoms. The molecule has 8 nitrogen and oxygen atoms in total. The highest BCUT2D eigenvalue weighted by molar-refractivity contribution is 6.09. The lowest BCUT2D eigenvalue weighted by molar-refractivity contribution is -0.383. The molecular formula is C25H35F2N7O. The fraction of sp³-hybridized carbons (Fsp3) is 0.520. The van der Waals surface area contributed by atoms with E-state index >= 15 is 0 Å². The molecule has 0 radical (unpaired) electrons. The third-order valence-corrected chi connectivity index (χ3v) is 6.68.